The molecule has 2 heteroatoms. The largest absolute Gasteiger partial charge is 0.317 e. The zero-order chi connectivity index (χ0) is 12.0. The van der Waals surface area contributed by atoms with Crippen molar-refractivity contribution in [2.24, 2.45) is 11.8 Å². The number of hydrogen-bond donors (Lipinski definition) is 1. The molecule has 0 bridgehead atoms. The highest BCUT2D eigenvalue weighted by molar-refractivity contribution is 4.85. The second-order valence-corrected chi connectivity index (χ2v) is 5.65. The minimum atomic E-state index is 0.747. The van der Waals surface area contributed by atoms with Crippen LogP contribution in [-0.2, 0) is 0 Å². The molecule has 0 aromatic heterocycles. The van der Waals surface area contributed by atoms with Gasteiger partial charge in [0.05, 0.1) is 0 Å². The minimum Gasteiger partial charge on any atom is -0.317 e. The standard InChI is InChI=1S/C14H30N2/c1-5-8-15-9-6-7-13(3)16(4)11-14-10-12(14)2/h12-15H,5-11H2,1-4H3. The average molecular weight is 226 g/mol. The Bertz CT molecular complexity index is 182. The molecule has 0 spiro atoms. The van der Waals surface area contributed by atoms with Gasteiger partial charge in [0.25, 0.3) is 0 Å². The van der Waals surface area contributed by atoms with Gasteiger partial charge >= 0.3 is 0 Å². The van der Waals surface area contributed by atoms with E-state index >= 15 is 0 Å². The lowest BCUT2D eigenvalue weighted by atomic mass is 10.1. The fraction of sp³-hybridized carbons (Fsp3) is 1.00. The van der Waals surface area contributed by atoms with Crippen molar-refractivity contribution >= 4 is 0 Å². The molecule has 1 N–H and O–H groups in total. The van der Waals surface area contributed by atoms with Crippen LogP contribution in [-0.4, -0.2) is 37.6 Å². The average Bonchev–Trinajstić information content (AvgIpc) is 2.93. The van der Waals surface area contributed by atoms with Gasteiger partial charge in [0.15, 0.2) is 0 Å². The quantitative estimate of drug-likeness (QED) is 0.608. The lowest BCUT2D eigenvalue weighted by Crippen LogP contribution is -2.32. The Morgan fingerprint density at radius 1 is 1.38 bits per heavy atom. The second-order valence-electron chi connectivity index (χ2n) is 5.65. The third kappa shape index (κ3) is 5.31. The molecular weight excluding hydrogens is 196 g/mol. The van der Waals surface area contributed by atoms with Gasteiger partial charge in [0.1, 0.15) is 0 Å². The summed E-state index contributed by atoms with van der Waals surface area (Å²) in [5, 5.41) is 3.47. The summed E-state index contributed by atoms with van der Waals surface area (Å²) in [6.45, 7) is 10.6. The molecule has 2 nitrogen and oxygen atoms in total. The van der Waals surface area contributed by atoms with Gasteiger partial charge in [0, 0.05) is 12.6 Å². The Balaban J connectivity index is 1.98. The van der Waals surface area contributed by atoms with Crippen molar-refractivity contribution in [2.75, 3.05) is 26.7 Å². The molecule has 0 aromatic rings. The molecule has 3 atom stereocenters. The molecule has 96 valence electrons. The first kappa shape index (κ1) is 14.0. The number of rotatable bonds is 9. The second kappa shape index (κ2) is 7.29. The summed E-state index contributed by atoms with van der Waals surface area (Å²) in [5.74, 6) is 1.98. The molecular formula is C14H30N2. The third-order valence-corrected chi connectivity index (χ3v) is 3.95. The molecule has 0 radical (unpaired) electrons. The summed E-state index contributed by atoms with van der Waals surface area (Å²) in [4.78, 5) is 2.55. The Morgan fingerprint density at radius 3 is 2.62 bits per heavy atom. The molecule has 1 rings (SSSR count). The fourth-order valence-corrected chi connectivity index (χ4v) is 2.25. The van der Waals surface area contributed by atoms with Crippen molar-refractivity contribution in [1.29, 1.82) is 0 Å². The Labute approximate surface area is 102 Å². The van der Waals surface area contributed by atoms with E-state index in [4.69, 9.17) is 0 Å². The fourth-order valence-electron chi connectivity index (χ4n) is 2.25. The monoisotopic (exact) mass is 226 g/mol. The maximum atomic E-state index is 3.47. The van der Waals surface area contributed by atoms with Crippen LogP contribution in [0.2, 0.25) is 0 Å². The van der Waals surface area contributed by atoms with Crippen molar-refractivity contribution < 1.29 is 0 Å². The molecule has 16 heavy (non-hydrogen) atoms. The van der Waals surface area contributed by atoms with Crippen LogP contribution in [0.25, 0.3) is 0 Å². The molecule has 0 amide bonds. The van der Waals surface area contributed by atoms with Gasteiger partial charge in [0.2, 0.25) is 0 Å². The lowest BCUT2D eigenvalue weighted by Gasteiger charge is -2.24. The van der Waals surface area contributed by atoms with E-state index in [1.165, 1.54) is 45.3 Å². The van der Waals surface area contributed by atoms with E-state index in [9.17, 15) is 0 Å². The zero-order valence-corrected chi connectivity index (χ0v) is 11.6. The normalized spacial score (nSPS) is 26.1. The van der Waals surface area contributed by atoms with Gasteiger partial charge in [-0.25, -0.2) is 0 Å². The van der Waals surface area contributed by atoms with Gasteiger partial charge in [-0.05, 0) is 64.6 Å². The van der Waals surface area contributed by atoms with E-state index in [0.717, 1.165) is 17.9 Å². The zero-order valence-electron chi connectivity index (χ0n) is 11.6. The van der Waals surface area contributed by atoms with Crippen LogP contribution >= 0.6 is 0 Å². The summed E-state index contributed by atoms with van der Waals surface area (Å²) < 4.78 is 0. The van der Waals surface area contributed by atoms with Crippen molar-refractivity contribution in [3.63, 3.8) is 0 Å². The van der Waals surface area contributed by atoms with Gasteiger partial charge < -0.3 is 10.2 Å². The summed E-state index contributed by atoms with van der Waals surface area (Å²) in [6, 6.07) is 0.747. The summed E-state index contributed by atoms with van der Waals surface area (Å²) in [6.07, 6.45) is 5.34. The highest BCUT2D eigenvalue weighted by Crippen LogP contribution is 2.38. The first-order valence-electron chi connectivity index (χ1n) is 7.06. The van der Waals surface area contributed by atoms with Crippen molar-refractivity contribution in [2.45, 2.75) is 52.5 Å². The number of nitrogens with zero attached hydrogens (tertiary/aromatic N) is 1. The molecule has 0 saturated heterocycles. The third-order valence-electron chi connectivity index (χ3n) is 3.95. The first-order valence-corrected chi connectivity index (χ1v) is 7.06. The van der Waals surface area contributed by atoms with E-state index in [-0.39, 0.29) is 0 Å². The molecule has 1 saturated carbocycles. The summed E-state index contributed by atoms with van der Waals surface area (Å²) >= 11 is 0. The Morgan fingerprint density at radius 2 is 2.06 bits per heavy atom. The van der Waals surface area contributed by atoms with Crippen LogP contribution in [0.1, 0.15) is 46.5 Å². The van der Waals surface area contributed by atoms with Crippen LogP contribution in [0, 0.1) is 11.8 Å². The van der Waals surface area contributed by atoms with Gasteiger partial charge in [-0.1, -0.05) is 13.8 Å². The van der Waals surface area contributed by atoms with Crippen molar-refractivity contribution in [3.05, 3.63) is 0 Å². The Kier molecular flexibility index (Phi) is 6.37. The molecule has 1 aliphatic carbocycles. The minimum absolute atomic E-state index is 0.747. The predicted octanol–water partition coefficient (Wildman–Crippen LogP) is 2.74. The predicted molar refractivity (Wildman–Crippen MR) is 71.8 cm³/mol. The van der Waals surface area contributed by atoms with Crippen LogP contribution in [0.5, 0.6) is 0 Å². The van der Waals surface area contributed by atoms with Gasteiger partial charge in [-0.15, -0.1) is 0 Å². The Hall–Kier alpha value is -0.0800. The van der Waals surface area contributed by atoms with Crippen LogP contribution in [0.4, 0.5) is 0 Å². The maximum Gasteiger partial charge on any atom is 0.00644 e. The highest BCUT2D eigenvalue weighted by atomic mass is 15.1. The van der Waals surface area contributed by atoms with E-state index in [2.05, 4.69) is 38.0 Å². The topological polar surface area (TPSA) is 15.3 Å². The van der Waals surface area contributed by atoms with Gasteiger partial charge in [-0.3, -0.25) is 0 Å². The lowest BCUT2D eigenvalue weighted by molar-refractivity contribution is 0.230. The van der Waals surface area contributed by atoms with E-state index < -0.39 is 0 Å². The number of nitrogens with one attached hydrogen (secondary N) is 1. The smallest absolute Gasteiger partial charge is 0.00644 e. The molecule has 0 aliphatic heterocycles. The van der Waals surface area contributed by atoms with Gasteiger partial charge in [-0.2, -0.15) is 0 Å². The molecule has 1 aliphatic rings. The molecule has 1 fully saturated rings. The van der Waals surface area contributed by atoms with Crippen LogP contribution in [0.3, 0.4) is 0 Å². The van der Waals surface area contributed by atoms with E-state index in [1.54, 1.807) is 0 Å². The van der Waals surface area contributed by atoms with Crippen LogP contribution < -0.4 is 5.32 Å². The van der Waals surface area contributed by atoms with Crippen molar-refractivity contribution in [1.82, 2.24) is 10.2 Å². The highest BCUT2D eigenvalue weighted by Gasteiger charge is 2.33. The van der Waals surface area contributed by atoms with Crippen molar-refractivity contribution in [3.8, 4) is 0 Å². The molecule has 3 unspecified atom stereocenters. The van der Waals surface area contributed by atoms with Crippen LogP contribution in [0.15, 0.2) is 0 Å². The van der Waals surface area contributed by atoms with E-state index in [1.807, 2.05) is 0 Å². The first-order chi connectivity index (χ1) is 7.65. The SMILES string of the molecule is CCCNCCCC(C)N(C)CC1CC1C. The molecule has 0 heterocycles. The summed E-state index contributed by atoms with van der Waals surface area (Å²) in [7, 11) is 2.29. The maximum absolute atomic E-state index is 3.47. The van der Waals surface area contributed by atoms with E-state index in [0.29, 0.717) is 0 Å². The summed E-state index contributed by atoms with van der Waals surface area (Å²) in [5.41, 5.74) is 0. The number of hydrogen-bond acceptors (Lipinski definition) is 2. The molecule has 0 aromatic carbocycles.